The predicted molar refractivity (Wildman–Crippen MR) is 72.9 cm³/mol. The van der Waals surface area contributed by atoms with Crippen LogP contribution in [0.25, 0.3) is 0 Å². The Balaban J connectivity index is 2.45. The third kappa shape index (κ3) is 6.13. The molecule has 0 saturated carbocycles. The number of carbonyl (C=O) groups excluding carboxylic acids is 1. The second-order valence-electron chi connectivity index (χ2n) is 3.96. The van der Waals surface area contributed by atoms with E-state index in [0.29, 0.717) is 24.2 Å². The number of rotatable bonds is 6. The number of nitrogens with one attached hydrogen (secondary N) is 2. The summed E-state index contributed by atoms with van der Waals surface area (Å²) >= 11 is 0. The van der Waals surface area contributed by atoms with Gasteiger partial charge in [0, 0.05) is 18.7 Å². The molecule has 0 aliphatic carbocycles. The minimum absolute atomic E-state index is 0.0701. The maximum Gasteiger partial charge on any atom is 0.319 e. The molecular formula is C14H16N2O3. The quantitative estimate of drug-likeness (QED) is 0.539. The number of anilines is 1. The largest absolute Gasteiger partial charge is 0.481 e. The highest BCUT2D eigenvalue weighted by molar-refractivity contribution is 5.89. The van der Waals surface area contributed by atoms with Crippen molar-refractivity contribution in [3.63, 3.8) is 0 Å². The number of aliphatic carboxylic acids is 1. The van der Waals surface area contributed by atoms with Gasteiger partial charge < -0.3 is 15.7 Å². The fraction of sp³-hybridized carbons (Fsp3) is 0.286. The van der Waals surface area contributed by atoms with Crippen LogP contribution in [0.4, 0.5) is 10.5 Å². The molecule has 5 nitrogen and oxygen atoms in total. The first-order valence-electron chi connectivity index (χ1n) is 5.91. The number of urea groups is 1. The highest BCUT2D eigenvalue weighted by Gasteiger charge is 2.04. The van der Waals surface area contributed by atoms with E-state index in [4.69, 9.17) is 11.5 Å². The van der Waals surface area contributed by atoms with Crippen molar-refractivity contribution in [3.05, 3.63) is 29.8 Å². The van der Waals surface area contributed by atoms with E-state index in [0.717, 1.165) is 6.42 Å². The van der Waals surface area contributed by atoms with Crippen LogP contribution >= 0.6 is 0 Å². The highest BCUT2D eigenvalue weighted by atomic mass is 16.4. The lowest BCUT2D eigenvalue weighted by atomic mass is 10.1. The van der Waals surface area contributed by atoms with E-state index in [-0.39, 0.29) is 12.5 Å². The van der Waals surface area contributed by atoms with Gasteiger partial charge in [-0.3, -0.25) is 4.79 Å². The number of benzene rings is 1. The first-order chi connectivity index (χ1) is 9.11. The third-order valence-corrected chi connectivity index (χ3v) is 2.32. The van der Waals surface area contributed by atoms with Crippen molar-refractivity contribution in [3.8, 4) is 12.3 Å². The molecule has 1 rings (SSSR count). The molecule has 0 bridgehead atoms. The van der Waals surface area contributed by atoms with Crippen molar-refractivity contribution >= 4 is 17.7 Å². The Morgan fingerprint density at radius 1 is 1.37 bits per heavy atom. The summed E-state index contributed by atoms with van der Waals surface area (Å²) in [5.74, 6) is 1.58. The van der Waals surface area contributed by atoms with Crippen molar-refractivity contribution < 1.29 is 14.7 Å². The lowest BCUT2D eigenvalue weighted by Gasteiger charge is -2.08. The smallest absolute Gasteiger partial charge is 0.319 e. The molecule has 0 saturated heterocycles. The van der Waals surface area contributed by atoms with Gasteiger partial charge in [-0.2, -0.15) is 0 Å². The molecule has 0 atom stereocenters. The SMILES string of the molecule is C#CCCCNC(=O)Nc1cccc(CC(=O)O)c1. The summed E-state index contributed by atoms with van der Waals surface area (Å²) < 4.78 is 0. The highest BCUT2D eigenvalue weighted by Crippen LogP contribution is 2.11. The van der Waals surface area contributed by atoms with Gasteiger partial charge in [-0.15, -0.1) is 12.3 Å². The number of carboxylic acid groups (broad SMARTS) is 1. The van der Waals surface area contributed by atoms with Gasteiger partial charge in [0.15, 0.2) is 0 Å². The summed E-state index contributed by atoms with van der Waals surface area (Å²) in [4.78, 5) is 22.1. The molecule has 0 aliphatic heterocycles. The number of carboxylic acids is 1. The number of amides is 2. The molecule has 0 aromatic heterocycles. The zero-order valence-corrected chi connectivity index (χ0v) is 10.5. The van der Waals surface area contributed by atoms with Crippen LogP contribution < -0.4 is 10.6 Å². The standard InChI is InChI=1S/C14H16N2O3/c1-2-3-4-8-15-14(19)16-12-7-5-6-11(9-12)10-13(17)18/h1,5-7,9H,3-4,8,10H2,(H,17,18)(H2,15,16,19). The number of carbonyl (C=O) groups is 2. The lowest BCUT2D eigenvalue weighted by molar-refractivity contribution is -0.136. The van der Waals surface area contributed by atoms with Gasteiger partial charge in [-0.1, -0.05) is 12.1 Å². The Labute approximate surface area is 112 Å². The number of unbranched alkanes of at least 4 members (excludes halogenated alkanes) is 1. The molecule has 1 aromatic rings. The minimum atomic E-state index is -0.907. The molecule has 100 valence electrons. The monoisotopic (exact) mass is 260 g/mol. The van der Waals surface area contributed by atoms with Crippen LogP contribution in [0.15, 0.2) is 24.3 Å². The molecule has 0 radical (unpaired) electrons. The van der Waals surface area contributed by atoms with Gasteiger partial charge in [0.1, 0.15) is 0 Å². The van der Waals surface area contributed by atoms with Crippen molar-refractivity contribution in [1.82, 2.24) is 5.32 Å². The number of terminal acetylenes is 1. The summed E-state index contributed by atoms with van der Waals surface area (Å²) in [6.07, 6.45) is 6.37. The van der Waals surface area contributed by atoms with E-state index < -0.39 is 5.97 Å². The zero-order valence-electron chi connectivity index (χ0n) is 10.5. The molecule has 0 fully saturated rings. The number of hydrogen-bond acceptors (Lipinski definition) is 2. The van der Waals surface area contributed by atoms with Gasteiger partial charge in [-0.05, 0) is 24.1 Å². The molecule has 3 N–H and O–H groups in total. The lowest BCUT2D eigenvalue weighted by Crippen LogP contribution is -2.29. The number of hydrogen-bond donors (Lipinski definition) is 3. The van der Waals surface area contributed by atoms with Gasteiger partial charge in [0.05, 0.1) is 6.42 Å². The first-order valence-corrected chi connectivity index (χ1v) is 5.91. The van der Waals surface area contributed by atoms with Crippen LogP contribution in [0.2, 0.25) is 0 Å². The predicted octanol–water partition coefficient (Wildman–Crippen LogP) is 1.85. The summed E-state index contributed by atoms with van der Waals surface area (Å²) in [6.45, 7) is 0.505. The Hall–Kier alpha value is -2.48. The summed E-state index contributed by atoms with van der Waals surface area (Å²) in [7, 11) is 0. The molecule has 0 unspecified atom stereocenters. The van der Waals surface area contributed by atoms with Crippen molar-refractivity contribution in [2.24, 2.45) is 0 Å². The fourth-order valence-electron chi connectivity index (χ4n) is 1.50. The average molecular weight is 260 g/mol. The average Bonchev–Trinajstić information content (AvgIpc) is 2.34. The zero-order chi connectivity index (χ0) is 14.1. The Bertz CT molecular complexity index is 492. The Morgan fingerprint density at radius 3 is 2.84 bits per heavy atom. The van der Waals surface area contributed by atoms with E-state index in [1.807, 2.05) is 0 Å². The third-order valence-electron chi connectivity index (χ3n) is 2.32. The Kier molecular flexibility index (Phi) is 5.96. The second kappa shape index (κ2) is 7.77. The van der Waals surface area contributed by atoms with Crippen LogP contribution in [0.1, 0.15) is 18.4 Å². The summed E-state index contributed by atoms with van der Waals surface area (Å²) in [6, 6.07) is 6.40. The van der Waals surface area contributed by atoms with Crippen LogP contribution in [0.5, 0.6) is 0 Å². The van der Waals surface area contributed by atoms with Gasteiger partial charge in [-0.25, -0.2) is 4.79 Å². The molecule has 19 heavy (non-hydrogen) atoms. The second-order valence-corrected chi connectivity index (χ2v) is 3.96. The summed E-state index contributed by atoms with van der Waals surface area (Å²) in [5, 5.41) is 14.0. The molecule has 0 aliphatic rings. The van der Waals surface area contributed by atoms with E-state index in [2.05, 4.69) is 16.6 Å². The molecule has 0 heterocycles. The summed E-state index contributed by atoms with van der Waals surface area (Å²) in [5.41, 5.74) is 1.20. The van der Waals surface area contributed by atoms with Crippen molar-refractivity contribution in [1.29, 1.82) is 0 Å². The van der Waals surface area contributed by atoms with Crippen LogP contribution in [-0.2, 0) is 11.2 Å². The molecule has 5 heteroatoms. The molecule has 1 aromatic carbocycles. The van der Waals surface area contributed by atoms with Crippen LogP contribution in [0, 0.1) is 12.3 Å². The Morgan fingerprint density at radius 2 is 2.16 bits per heavy atom. The maximum atomic E-state index is 11.5. The van der Waals surface area contributed by atoms with Crippen LogP contribution in [0.3, 0.4) is 0 Å². The van der Waals surface area contributed by atoms with E-state index in [1.54, 1.807) is 24.3 Å². The normalized spacial score (nSPS) is 9.42. The van der Waals surface area contributed by atoms with Crippen LogP contribution in [-0.4, -0.2) is 23.7 Å². The van der Waals surface area contributed by atoms with Crippen molar-refractivity contribution in [2.75, 3.05) is 11.9 Å². The minimum Gasteiger partial charge on any atom is -0.481 e. The van der Waals surface area contributed by atoms with E-state index in [1.165, 1.54) is 0 Å². The molecule has 0 spiro atoms. The maximum absolute atomic E-state index is 11.5. The topological polar surface area (TPSA) is 78.4 Å². The van der Waals surface area contributed by atoms with Gasteiger partial charge >= 0.3 is 12.0 Å². The fourth-order valence-corrected chi connectivity index (χ4v) is 1.50. The van der Waals surface area contributed by atoms with E-state index in [9.17, 15) is 9.59 Å². The molecular weight excluding hydrogens is 244 g/mol. The van der Waals surface area contributed by atoms with E-state index >= 15 is 0 Å². The first kappa shape index (κ1) is 14.6. The van der Waals surface area contributed by atoms with Crippen molar-refractivity contribution in [2.45, 2.75) is 19.3 Å². The van der Waals surface area contributed by atoms with Gasteiger partial charge in [0.2, 0.25) is 0 Å². The van der Waals surface area contributed by atoms with Gasteiger partial charge in [0.25, 0.3) is 0 Å². The molecule has 2 amide bonds.